The van der Waals surface area contributed by atoms with Gasteiger partial charge in [-0.05, 0) is 49.9 Å². The number of fused-ring (bicyclic) bond motifs is 1. The standard InChI is InChI=1S/C15H22N2O/c1-5-7-17-14-9-11(4)10(3)8-13(14)16-12(6-2)15(17)18/h8-9,12,16H,5-7H2,1-4H3. The Morgan fingerprint density at radius 2 is 1.89 bits per heavy atom. The van der Waals surface area contributed by atoms with Gasteiger partial charge in [-0.3, -0.25) is 4.79 Å². The predicted molar refractivity (Wildman–Crippen MR) is 76.3 cm³/mol. The van der Waals surface area contributed by atoms with Gasteiger partial charge < -0.3 is 10.2 Å². The third-order valence-corrected chi connectivity index (χ3v) is 3.65. The van der Waals surface area contributed by atoms with Crippen molar-refractivity contribution in [3.63, 3.8) is 0 Å². The second kappa shape index (κ2) is 5.01. The van der Waals surface area contributed by atoms with Crippen LogP contribution in [0, 0.1) is 13.8 Å². The maximum absolute atomic E-state index is 12.4. The average Bonchev–Trinajstić information content (AvgIpc) is 2.35. The van der Waals surface area contributed by atoms with Crippen LogP contribution in [0.2, 0.25) is 0 Å². The lowest BCUT2D eigenvalue weighted by Gasteiger charge is -2.35. The number of aryl methyl sites for hydroxylation is 2. The highest BCUT2D eigenvalue weighted by Gasteiger charge is 2.30. The zero-order valence-electron chi connectivity index (χ0n) is 11.7. The molecule has 0 bridgehead atoms. The molecule has 3 nitrogen and oxygen atoms in total. The lowest BCUT2D eigenvalue weighted by atomic mass is 10.0. The van der Waals surface area contributed by atoms with Crippen molar-refractivity contribution in [2.24, 2.45) is 0 Å². The van der Waals surface area contributed by atoms with Crippen molar-refractivity contribution < 1.29 is 4.79 Å². The van der Waals surface area contributed by atoms with Crippen molar-refractivity contribution in [2.75, 3.05) is 16.8 Å². The Bertz CT molecular complexity index is 468. The molecule has 0 fully saturated rings. The normalized spacial score (nSPS) is 18.6. The molecule has 1 N–H and O–H groups in total. The third-order valence-electron chi connectivity index (χ3n) is 3.65. The maximum Gasteiger partial charge on any atom is 0.249 e. The first-order valence-electron chi connectivity index (χ1n) is 6.77. The van der Waals surface area contributed by atoms with Gasteiger partial charge in [0.1, 0.15) is 6.04 Å². The van der Waals surface area contributed by atoms with Crippen LogP contribution in [-0.2, 0) is 4.79 Å². The highest BCUT2D eigenvalue weighted by molar-refractivity contribution is 6.05. The van der Waals surface area contributed by atoms with Crippen molar-refractivity contribution >= 4 is 17.3 Å². The molecule has 1 heterocycles. The van der Waals surface area contributed by atoms with E-state index in [2.05, 4.69) is 38.2 Å². The van der Waals surface area contributed by atoms with Crippen LogP contribution in [0.4, 0.5) is 11.4 Å². The number of hydrogen-bond donors (Lipinski definition) is 1. The quantitative estimate of drug-likeness (QED) is 0.888. The first-order chi connectivity index (χ1) is 8.58. The van der Waals surface area contributed by atoms with Crippen LogP contribution in [0.1, 0.15) is 37.8 Å². The Kier molecular flexibility index (Phi) is 3.60. The molecule has 0 saturated heterocycles. The largest absolute Gasteiger partial charge is 0.372 e. The minimum atomic E-state index is -0.0776. The van der Waals surface area contributed by atoms with Gasteiger partial charge in [0.2, 0.25) is 5.91 Å². The van der Waals surface area contributed by atoms with Crippen LogP contribution in [0.15, 0.2) is 12.1 Å². The number of nitrogens with one attached hydrogen (secondary N) is 1. The van der Waals surface area contributed by atoms with E-state index in [1.54, 1.807) is 0 Å². The summed E-state index contributed by atoms with van der Waals surface area (Å²) < 4.78 is 0. The molecule has 1 aliphatic heterocycles. The van der Waals surface area contributed by atoms with Gasteiger partial charge in [-0.2, -0.15) is 0 Å². The number of carbonyl (C=O) groups is 1. The second-order valence-corrected chi connectivity index (χ2v) is 5.05. The van der Waals surface area contributed by atoms with Crippen LogP contribution in [0.25, 0.3) is 0 Å². The molecule has 0 saturated carbocycles. The van der Waals surface area contributed by atoms with Crippen molar-refractivity contribution in [2.45, 2.75) is 46.6 Å². The molecule has 0 spiro atoms. The summed E-state index contributed by atoms with van der Waals surface area (Å²) in [6, 6.07) is 4.20. The Morgan fingerprint density at radius 1 is 1.22 bits per heavy atom. The van der Waals surface area contributed by atoms with Crippen molar-refractivity contribution in [3.8, 4) is 0 Å². The van der Waals surface area contributed by atoms with Gasteiger partial charge in [-0.1, -0.05) is 13.8 Å². The summed E-state index contributed by atoms with van der Waals surface area (Å²) in [5.41, 5.74) is 4.63. The Morgan fingerprint density at radius 3 is 2.50 bits per heavy atom. The van der Waals surface area contributed by atoms with Crippen LogP contribution in [0.3, 0.4) is 0 Å². The van der Waals surface area contributed by atoms with Crippen molar-refractivity contribution in [1.82, 2.24) is 0 Å². The average molecular weight is 246 g/mol. The molecule has 2 rings (SSSR count). The zero-order chi connectivity index (χ0) is 13.3. The third kappa shape index (κ3) is 2.09. The Balaban J connectivity index is 2.48. The number of anilines is 2. The molecule has 98 valence electrons. The van der Waals surface area contributed by atoms with E-state index in [0.29, 0.717) is 0 Å². The molecule has 0 radical (unpaired) electrons. The predicted octanol–water partition coefficient (Wildman–Crippen LogP) is 3.25. The van der Waals surface area contributed by atoms with Gasteiger partial charge in [0.25, 0.3) is 0 Å². The lowest BCUT2D eigenvalue weighted by molar-refractivity contribution is -0.119. The van der Waals surface area contributed by atoms with E-state index in [0.717, 1.165) is 30.8 Å². The molecule has 1 amide bonds. The van der Waals surface area contributed by atoms with E-state index in [-0.39, 0.29) is 11.9 Å². The van der Waals surface area contributed by atoms with Crippen molar-refractivity contribution in [3.05, 3.63) is 23.3 Å². The number of carbonyl (C=O) groups excluding carboxylic acids is 1. The Labute approximate surface area is 109 Å². The topological polar surface area (TPSA) is 32.3 Å². The van der Waals surface area contributed by atoms with Gasteiger partial charge in [0, 0.05) is 6.54 Å². The highest BCUT2D eigenvalue weighted by Crippen LogP contribution is 2.34. The number of amides is 1. The zero-order valence-corrected chi connectivity index (χ0v) is 11.7. The second-order valence-electron chi connectivity index (χ2n) is 5.05. The molecular weight excluding hydrogens is 224 g/mol. The SMILES string of the molecule is CCCN1C(=O)C(CC)Nc2cc(C)c(C)cc21. The molecule has 1 atom stereocenters. The van der Waals surface area contributed by atoms with E-state index < -0.39 is 0 Å². The number of benzene rings is 1. The first-order valence-corrected chi connectivity index (χ1v) is 6.77. The number of nitrogens with zero attached hydrogens (tertiary/aromatic N) is 1. The fourth-order valence-corrected chi connectivity index (χ4v) is 2.43. The molecule has 1 aliphatic rings. The van der Waals surface area contributed by atoms with Crippen LogP contribution in [-0.4, -0.2) is 18.5 Å². The van der Waals surface area contributed by atoms with Crippen LogP contribution in [0.5, 0.6) is 0 Å². The monoisotopic (exact) mass is 246 g/mol. The summed E-state index contributed by atoms with van der Waals surface area (Å²) in [5.74, 6) is 0.204. The fourth-order valence-electron chi connectivity index (χ4n) is 2.43. The van der Waals surface area contributed by atoms with E-state index in [4.69, 9.17) is 0 Å². The summed E-state index contributed by atoms with van der Waals surface area (Å²) in [6.07, 6.45) is 1.81. The van der Waals surface area contributed by atoms with E-state index in [1.165, 1.54) is 11.1 Å². The van der Waals surface area contributed by atoms with Gasteiger partial charge in [-0.15, -0.1) is 0 Å². The minimum Gasteiger partial charge on any atom is -0.372 e. The number of hydrogen-bond acceptors (Lipinski definition) is 2. The molecular formula is C15H22N2O. The molecule has 1 unspecified atom stereocenters. The van der Waals surface area contributed by atoms with Gasteiger partial charge in [0.05, 0.1) is 11.4 Å². The van der Waals surface area contributed by atoms with E-state index in [9.17, 15) is 4.79 Å². The fraction of sp³-hybridized carbons (Fsp3) is 0.533. The van der Waals surface area contributed by atoms with E-state index in [1.807, 2.05) is 11.8 Å². The van der Waals surface area contributed by atoms with Crippen molar-refractivity contribution in [1.29, 1.82) is 0 Å². The molecule has 0 aromatic heterocycles. The highest BCUT2D eigenvalue weighted by atomic mass is 16.2. The van der Waals surface area contributed by atoms with Crippen LogP contribution >= 0.6 is 0 Å². The summed E-state index contributed by atoms with van der Waals surface area (Å²) in [4.78, 5) is 14.3. The minimum absolute atomic E-state index is 0.0776. The molecule has 1 aromatic carbocycles. The smallest absolute Gasteiger partial charge is 0.249 e. The molecule has 1 aromatic rings. The summed E-state index contributed by atoms with van der Waals surface area (Å²) in [5, 5.41) is 3.36. The van der Waals surface area contributed by atoms with Gasteiger partial charge >= 0.3 is 0 Å². The molecule has 18 heavy (non-hydrogen) atoms. The lowest BCUT2D eigenvalue weighted by Crippen LogP contribution is -2.47. The Hall–Kier alpha value is -1.51. The summed E-state index contributed by atoms with van der Waals surface area (Å²) >= 11 is 0. The van der Waals surface area contributed by atoms with Gasteiger partial charge in [-0.25, -0.2) is 0 Å². The number of rotatable bonds is 3. The molecule has 3 heteroatoms. The maximum atomic E-state index is 12.4. The molecule has 0 aliphatic carbocycles. The first kappa shape index (κ1) is 12.9. The van der Waals surface area contributed by atoms with E-state index >= 15 is 0 Å². The van der Waals surface area contributed by atoms with Gasteiger partial charge in [0.15, 0.2) is 0 Å². The van der Waals surface area contributed by atoms with Crippen LogP contribution < -0.4 is 10.2 Å². The summed E-state index contributed by atoms with van der Waals surface area (Å²) in [7, 11) is 0. The summed E-state index contributed by atoms with van der Waals surface area (Å²) in [6.45, 7) is 9.16.